The van der Waals surface area contributed by atoms with Crippen molar-refractivity contribution >= 4 is 28.8 Å². The number of ketones is 1. The maximum Gasteiger partial charge on any atom is 0.225 e. The summed E-state index contributed by atoms with van der Waals surface area (Å²) in [6, 6.07) is 11.7. The number of carbonyl (C=O) groups excluding carboxylic acids is 2. The predicted octanol–water partition coefficient (Wildman–Crippen LogP) is 4.73. The predicted molar refractivity (Wildman–Crippen MR) is 104 cm³/mol. The molecule has 2 aromatic heterocycles. The Morgan fingerprint density at radius 2 is 1.96 bits per heavy atom. The van der Waals surface area contributed by atoms with E-state index in [2.05, 4.69) is 15.3 Å². The van der Waals surface area contributed by atoms with Gasteiger partial charge in [-0.15, -0.1) is 11.3 Å². The normalized spacial score (nSPS) is 10.6. The average molecular weight is 365 g/mol. The lowest BCUT2D eigenvalue weighted by Gasteiger charge is -2.07. The molecule has 0 unspecified atom stereocenters. The van der Waals surface area contributed by atoms with Crippen LogP contribution in [0, 0.1) is 6.92 Å². The van der Waals surface area contributed by atoms with Gasteiger partial charge in [0, 0.05) is 25.1 Å². The summed E-state index contributed by atoms with van der Waals surface area (Å²) in [4.78, 5) is 33.2. The van der Waals surface area contributed by atoms with E-state index in [4.69, 9.17) is 0 Å². The number of hydrogen-bond acceptors (Lipinski definition) is 5. The van der Waals surface area contributed by atoms with Gasteiger partial charge in [0.15, 0.2) is 10.8 Å². The van der Waals surface area contributed by atoms with Crippen molar-refractivity contribution in [3.63, 3.8) is 0 Å². The first kappa shape index (κ1) is 17.9. The first-order valence-electron chi connectivity index (χ1n) is 8.33. The molecule has 0 saturated heterocycles. The van der Waals surface area contributed by atoms with Gasteiger partial charge in [-0.05, 0) is 30.7 Å². The number of nitrogens with zero attached hydrogens (tertiary/aromatic N) is 2. The second-order valence-electron chi connectivity index (χ2n) is 5.95. The molecule has 0 aliphatic rings. The molecule has 1 aromatic carbocycles. The smallest absolute Gasteiger partial charge is 0.225 e. The van der Waals surface area contributed by atoms with Gasteiger partial charge in [-0.25, -0.2) is 9.97 Å². The van der Waals surface area contributed by atoms with Crippen LogP contribution in [-0.4, -0.2) is 21.7 Å². The van der Waals surface area contributed by atoms with Gasteiger partial charge in [0.2, 0.25) is 5.91 Å². The maximum absolute atomic E-state index is 11.9. The first-order chi connectivity index (χ1) is 12.5. The molecule has 5 nitrogen and oxygen atoms in total. The number of aryl methyl sites for hydroxylation is 1. The number of rotatable bonds is 5. The number of anilines is 1. The molecule has 1 amide bonds. The Morgan fingerprint density at radius 3 is 2.65 bits per heavy atom. The van der Waals surface area contributed by atoms with Crippen LogP contribution in [0.15, 0.2) is 42.6 Å². The Kier molecular flexibility index (Phi) is 5.23. The number of benzene rings is 1. The number of thiazole rings is 1. The van der Waals surface area contributed by atoms with Crippen LogP contribution in [0.1, 0.15) is 35.6 Å². The maximum atomic E-state index is 11.9. The van der Waals surface area contributed by atoms with Crippen LogP contribution in [0.3, 0.4) is 0 Å². The van der Waals surface area contributed by atoms with Gasteiger partial charge in [0.25, 0.3) is 0 Å². The van der Waals surface area contributed by atoms with Crippen molar-refractivity contribution in [3.05, 3.63) is 53.2 Å². The van der Waals surface area contributed by atoms with Gasteiger partial charge < -0.3 is 5.32 Å². The molecule has 0 saturated carbocycles. The van der Waals surface area contributed by atoms with E-state index in [1.807, 2.05) is 43.3 Å². The molecule has 132 valence electrons. The van der Waals surface area contributed by atoms with E-state index >= 15 is 0 Å². The largest absolute Gasteiger partial charge is 0.311 e. The topological polar surface area (TPSA) is 72.0 Å². The second kappa shape index (κ2) is 7.58. The Bertz CT molecular complexity index is 979. The summed E-state index contributed by atoms with van der Waals surface area (Å²) in [5.41, 5.74) is 3.71. The van der Waals surface area contributed by atoms with Gasteiger partial charge in [-0.3, -0.25) is 9.59 Å². The fourth-order valence-corrected chi connectivity index (χ4v) is 3.50. The van der Waals surface area contributed by atoms with Gasteiger partial charge in [0.1, 0.15) is 5.82 Å². The van der Waals surface area contributed by atoms with E-state index in [0.29, 0.717) is 17.2 Å². The quantitative estimate of drug-likeness (QED) is 0.663. The van der Waals surface area contributed by atoms with Crippen LogP contribution in [0.4, 0.5) is 5.82 Å². The number of amides is 1. The zero-order chi connectivity index (χ0) is 18.7. The molecule has 1 N–H and O–H groups in total. The first-order valence-corrected chi connectivity index (χ1v) is 9.14. The fraction of sp³-hybridized carbons (Fsp3) is 0.200. The van der Waals surface area contributed by atoms with Crippen LogP contribution in [0.2, 0.25) is 0 Å². The Labute approximate surface area is 156 Å². The summed E-state index contributed by atoms with van der Waals surface area (Å²) in [6.07, 6.45) is 2.03. The minimum absolute atomic E-state index is 0.0660. The highest BCUT2D eigenvalue weighted by atomic mass is 32.1. The molecule has 0 atom stereocenters. The summed E-state index contributed by atoms with van der Waals surface area (Å²) in [6.45, 7) is 5.33. The van der Waals surface area contributed by atoms with Gasteiger partial charge >= 0.3 is 0 Å². The molecule has 0 aliphatic carbocycles. The molecule has 0 fully saturated rings. The van der Waals surface area contributed by atoms with Crippen LogP contribution < -0.4 is 5.32 Å². The van der Waals surface area contributed by atoms with Crippen molar-refractivity contribution in [2.24, 2.45) is 0 Å². The van der Waals surface area contributed by atoms with Crippen molar-refractivity contribution in [2.45, 2.75) is 27.2 Å². The molecule has 0 spiro atoms. The monoisotopic (exact) mass is 365 g/mol. The molecule has 3 rings (SSSR count). The van der Waals surface area contributed by atoms with Crippen molar-refractivity contribution in [3.8, 4) is 21.7 Å². The van der Waals surface area contributed by atoms with Crippen LogP contribution >= 0.6 is 11.3 Å². The summed E-state index contributed by atoms with van der Waals surface area (Å²) < 4.78 is 0. The van der Waals surface area contributed by atoms with Crippen molar-refractivity contribution in [1.82, 2.24) is 9.97 Å². The average Bonchev–Trinajstić information content (AvgIpc) is 3.07. The fourth-order valence-electron chi connectivity index (χ4n) is 2.53. The Morgan fingerprint density at radius 1 is 1.15 bits per heavy atom. The van der Waals surface area contributed by atoms with Crippen LogP contribution in [0.25, 0.3) is 21.7 Å². The Balaban J connectivity index is 2.11. The molecular weight excluding hydrogens is 346 g/mol. The standard InChI is InChI=1S/C20H19N3O2S/c1-4-17(25)22-16-11-15(8-9-21-16)19-18(23-20(26-19)13(3)24)14-7-5-6-12(2)10-14/h5-11H,4H2,1-3H3,(H,21,22,25). The highest BCUT2D eigenvalue weighted by Crippen LogP contribution is 2.37. The molecule has 3 aromatic rings. The number of hydrogen-bond donors (Lipinski definition) is 1. The van der Waals surface area contributed by atoms with Crippen molar-refractivity contribution < 1.29 is 9.59 Å². The minimum atomic E-state index is -0.0951. The number of aromatic nitrogens is 2. The van der Waals surface area contributed by atoms with E-state index in [1.165, 1.54) is 18.3 Å². The Hall–Kier alpha value is -2.86. The lowest BCUT2D eigenvalue weighted by molar-refractivity contribution is -0.115. The van der Waals surface area contributed by atoms with E-state index in [1.54, 1.807) is 13.1 Å². The van der Waals surface area contributed by atoms with Gasteiger partial charge in [-0.1, -0.05) is 30.7 Å². The third-order valence-corrected chi connectivity index (χ3v) is 5.04. The van der Waals surface area contributed by atoms with Gasteiger partial charge in [0.05, 0.1) is 10.6 Å². The molecule has 0 bridgehead atoms. The summed E-state index contributed by atoms with van der Waals surface area (Å²) in [7, 11) is 0. The van der Waals surface area contributed by atoms with Crippen molar-refractivity contribution in [2.75, 3.05) is 5.32 Å². The molecule has 0 aliphatic heterocycles. The van der Waals surface area contributed by atoms with Crippen LogP contribution in [0.5, 0.6) is 0 Å². The summed E-state index contributed by atoms with van der Waals surface area (Å²) in [5, 5.41) is 3.23. The van der Waals surface area contributed by atoms with E-state index in [9.17, 15) is 9.59 Å². The van der Waals surface area contributed by atoms with Gasteiger partial charge in [-0.2, -0.15) is 0 Å². The number of carbonyl (C=O) groups is 2. The third kappa shape index (κ3) is 3.86. The van der Waals surface area contributed by atoms with E-state index in [0.717, 1.165) is 27.3 Å². The van der Waals surface area contributed by atoms with Crippen LogP contribution in [-0.2, 0) is 4.79 Å². The number of nitrogens with one attached hydrogen (secondary N) is 1. The molecule has 26 heavy (non-hydrogen) atoms. The lowest BCUT2D eigenvalue weighted by atomic mass is 10.1. The number of Topliss-reactive ketones (excluding diaryl/α,β-unsaturated/α-hetero) is 1. The van der Waals surface area contributed by atoms with Crippen molar-refractivity contribution in [1.29, 1.82) is 0 Å². The van der Waals surface area contributed by atoms with E-state index < -0.39 is 0 Å². The molecule has 0 radical (unpaired) electrons. The zero-order valence-corrected chi connectivity index (χ0v) is 15.7. The molecular formula is C20H19N3O2S. The number of pyridine rings is 1. The summed E-state index contributed by atoms with van der Waals surface area (Å²) in [5.74, 6) is 0.327. The van der Waals surface area contributed by atoms with E-state index in [-0.39, 0.29) is 11.7 Å². The SMILES string of the molecule is CCC(=O)Nc1cc(-c2sc(C(C)=O)nc2-c2cccc(C)c2)ccn1. The zero-order valence-electron chi connectivity index (χ0n) is 14.9. The third-order valence-electron chi connectivity index (χ3n) is 3.83. The highest BCUT2D eigenvalue weighted by Gasteiger charge is 2.18. The summed E-state index contributed by atoms with van der Waals surface area (Å²) >= 11 is 1.35. The minimum Gasteiger partial charge on any atom is -0.311 e. The lowest BCUT2D eigenvalue weighted by Crippen LogP contribution is -2.10. The molecule has 2 heterocycles. The second-order valence-corrected chi connectivity index (χ2v) is 6.95. The molecule has 6 heteroatoms. The highest BCUT2D eigenvalue weighted by molar-refractivity contribution is 7.17.